The largest absolute Gasteiger partial charge is 0.318 e. The average molecular weight is 384 g/mol. The van der Waals surface area contributed by atoms with E-state index in [-0.39, 0.29) is 16.4 Å². The van der Waals surface area contributed by atoms with Gasteiger partial charge in [-0.1, -0.05) is 48.0 Å². The molecular weight excluding hydrogens is 369 g/mol. The van der Waals surface area contributed by atoms with Crippen molar-refractivity contribution in [3.05, 3.63) is 94.8 Å². The van der Waals surface area contributed by atoms with Gasteiger partial charge in [-0.05, 0) is 36.4 Å². The lowest BCUT2D eigenvalue weighted by molar-refractivity contribution is 0.0961. The first kappa shape index (κ1) is 18.4. The highest BCUT2D eigenvalue weighted by molar-refractivity contribution is 6.34. The Hall–Kier alpha value is -3.38. The predicted molar refractivity (Wildman–Crippen MR) is 103 cm³/mol. The van der Waals surface area contributed by atoms with Crippen molar-refractivity contribution in [1.29, 1.82) is 0 Å². The predicted octanol–water partition coefficient (Wildman–Crippen LogP) is 4.49. The highest BCUT2D eigenvalue weighted by Gasteiger charge is 2.16. The number of nitrogens with one attached hydrogen (secondary N) is 3. The highest BCUT2D eigenvalue weighted by atomic mass is 35.5. The fourth-order valence-corrected chi connectivity index (χ4v) is 2.52. The molecule has 0 aliphatic carbocycles. The van der Waals surface area contributed by atoms with Crippen LogP contribution in [0, 0.1) is 5.82 Å². The molecular formula is C20H15ClFN3O2. The molecule has 27 heavy (non-hydrogen) atoms. The Bertz CT molecular complexity index is 966. The average Bonchev–Trinajstić information content (AvgIpc) is 2.71. The zero-order valence-electron chi connectivity index (χ0n) is 14.0. The summed E-state index contributed by atoms with van der Waals surface area (Å²) < 4.78 is 14.7. The maximum Gasteiger partial charge on any atom is 0.269 e. The van der Waals surface area contributed by atoms with E-state index in [4.69, 9.17) is 11.6 Å². The van der Waals surface area contributed by atoms with Crippen LogP contribution < -0.4 is 16.2 Å². The molecule has 0 radical (unpaired) electrons. The third-order valence-electron chi connectivity index (χ3n) is 3.71. The number of carbonyl (C=O) groups is 2. The van der Waals surface area contributed by atoms with Crippen LogP contribution in [0.2, 0.25) is 5.02 Å². The molecule has 0 bridgehead atoms. The number of amides is 2. The minimum absolute atomic E-state index is 0.0351. The van der Waals surface area contributed by atoms with Crippen molar-refractivity contribution in [3.63, 3.8) is 0 Å². The second kappa shape index (κ2) is 8.33. The van der Waals surface area contributed by atoms with Crippen LogP contribution in [0.15, 0.2) is 72.8 Å². The van der Waals surface area contributed by atoms with Crippen LogP contribution in [0.3, 0.4) is 0 Å². The number of hydrogen-bond acceptors (Lipinski definition) is 3. The second-order valence-corrected chi connectivity index (χ2v) is 5.96. The zero-order valence-corrected chi connectivity index (χ0v) is 14.8. The summed E-state index contributed by atoms with van der Waals surface area (Å²) in [7, 11) is 0. The molecule has 0 unspecified atom stereocenters. The molecule has 3 aromatic rings. The standard InChI is InChI=1S/C20H15ClFN3O2/c21-15-11-12-16(24-25-20(27)14-9-5-2-6-10-14)17(22)18(15)23-19(26)13-7-3-1-4-8-13/h1-12,24H,(H,23,26)(H,25,27). The fraction of sp³-hybridized carbons (Fsp3) is 0. The zero-order chi connectivity index (χ0) is 19.2. The van der Waals surface area contributed by atoms with Gasteiger partial charge in [0.15, 0.2) is 5.82 Å². The van der Waals surface area contributed by atoms with E-state index in [1.807, 2.05) is 0 Å². The number of rotatable bonds is 5. The minimum Gasteiger partial charge on any atom is -0.318 e. The van der Waals surface area contributed by atoms with Gasteiger partial charge in [0.25, 0.3) is 11.8 Å². The molecule has 0 saturated heterocycles. The Morgan fingerprint density at radius 1 is 0.778 bits per heavy atom. The lowest BCUT2D eigenvalue weighted by Crippen LogP contribution is -2.30. The Kier molecular flexibility index (Phi) is 5.68. The van der Waals surface area contributed by atoms with Crippen LogP contribution in [0.1, 0.15) is 20.7 Å². The van der Waals surface area contributed by atoms with Gasteiger partial charge in [0.05, 0.1) is 16.4 Å². The maximum absolute atomic E-state index is 14.7. The lowest BCUT2D eigenvalue weighted by atomic mass is 10.2. The van der Waals surface area contributed by atoms with Gasteiger partial charge < -0.3 is 5.32 Å². The van der Waals surface area contributed by atoms with Gasteiger partial charge >= 0.3 is 0 Å². The monoisotopic (exact) mass is 383 g/mol. The molecule has 3 aromatic carbocycles. The van der Waals surface area contributed by atoms with Gasteiger partial charge in [-0.2, -0.15) is 0 Å². The number of halogens is 2. The summed E-state index contributed by atoms with van der Waals surface area (Å²) in [6.45, 7) is 0. The van der Waals surface area contributed by atoms with Gasteiger partial charge in [0.2, 0.25) is 0 Å². The summed E-state index contributed by atoms with van der Waals surface area (Å²) in [5.74, 6) is -1.72. The van der Waals surface area contributed by atoms with E-state index in [1.54, 1.807) is 60.7 Å². The summed E-state index contributed by atoms with van der Waals surface area (Å²) in [5, 5.41) is 2.49. The van der Waals surface area contributed by atoms with Crippen LogP contribution in [-0.4, -0.2) is 11.8 Å². The van der Waals surface area contributed by atoms with Crippen molar-refractivity contribution in [2.75, 3.05) is 10.7 Å². The van der Waals surface area contributed by atoms with E-state index in [0.29, 0.717) is 11.1 Å². The van der Waals surface area contributed by atoms with Crippen molar-refractivity contribution in [2.24, 2.45) is 0 Å². The van der Waals surface area contributed by atoms with Crippen LogP contribution in [0.25, 0.3) is 0 Å². The van der Waals surface area contributed by atoms with Crippen LogP contribution in [0.5, 0.6) is 0 Å². The maximum atomic E-state index is 14.7. The SMILES string of the molecule is O=C(NNc1ccc(Cl)c(NC(=O)c2ccccc2)c1F)c1ccccc1. The lowest BCUT2D eigenvalue weighted by Gasteiger charge is -2.14. The molecule has 2 amide bonds. The van der Waals surface area contributed by atoms with E-state index in [2.05, 4.69) is 16.2 Å². The van der Waals surface area contributed by atoms with Crippen molar-refractivity contribution in [3.8, 4) is 0 Å². The molecule has 0 spiro atoms. The normalized spacial score (nSPS) is 10.1. The van der Waals surface area contributed by atoms with Gasteiger partial charge in [0, 0.05) is 11.1 Å². The summed E-state index contributed by atoms with van der Waals surface area (Å²) in [6.07, 6.45) is 0. The van der Waals surface area contributed by atoms with Crippen molar-refractivity contribution in [1.82, 2.24) is 5.43 Å². The van der Waals surface area contributed by atoms with Crippen molar-refractivity contribution >= 4 is 34.8 Å². The molecule has 0 saturated carbocycles. The first-order valence-electron chi connectivity index (χ1n) is 8.02. The Morgan fingerprint density at radius 3 is 1.93 bits per heavy atom. The van der Waals surface area contributed by atoms with E-state index < -0.39 is 17.6 Å². The topological polar surface area (TPSA) is 70.2 Å². The van der Waals surface area contributed by atoms with Gasteiger partial charge in [0.1, 0.15) is 0 Å². The number of benzene rings is 3. The fourth-order valence-electron chi connectivity index (χ4n) is 2.32. The van der Waals surface area contributed by atoms with Crippen LogP contribution >= 0.6 is 11.6 Å². The van der Waals surface area contributed by atoms with E-state index in [9.17, 15) is 14.0 Å². The molecule has 0 aromatic heterocycles. The van der Waals surface area contributed by atoms with Crippen LogP contribution in [0.4, 0.5) is 15.8 Å². The highest BCUT2D eigenvalue weighted by Crippen LogP contribution is 2.30. The summed E-state index contributed by atoms with van der Waals surface area (Å²) in [6, 6.07) is 19.6. The van der Waals surface area contributed by atoms with Gasteiger partial charge in [-0.3, -0.25) is 20.4 Å². The molecule has 0 fully saturated rings. The Balaban J connectivity index is 1.75. The van der Waals surface area contributed by atoms with Crippen molar-refractivity contribution < 1.29 is 14.0 Å². The van der Waals surface area contributed by atoms with Gasteiger partial charge in [-0.25, -0.2) is 4.39 Å². The Labute approximate surface area is 160 Å². The van der Waals surface area contributed by atoms with Crippen LogP contribution in [-0.2, 0) is 0 Å². The molecule has 0 aliphatic rings. The van der Waals surface area contributed by atoms with E-state index >= 15 is 0 Å². The van der Waals surface area contributed by atoms with Gasteiger partial charge in [-0.15, -0.1) is 0 Å². The molecule has 7 heteroatoms. The Morgan fingerprint density at radius 2 is 1.33 bits per heavy atom. The molecule has 0 atom stereocenters. The molecule has 5 nitrogen and oxygen atoms in total. The quantitative estimate of drug-likeness (QED) is 0.568. The number of anilines is 2. The first-order chi connectivity index (χ1) is 13.1. The third kappa shape index (κ3) is 4.43. The molecule has 0 aliphatic heterocycles. The second-order valence-electron chi connectivity index (χ2n) is 5.55. The minimum atomic E-state index is -0.792. The third-order valence-corrected chi connectivity index (χ3v) is 4.03. The number of hydrazine groups is 1. The molecule has 0 heterocycles. The smallest absolute Gasteiger partial charge is 0.269 e. The summed E-state index contributed by atoms with van der Waals surface area (Å²) >= 11 is 6.02. The first-order valence-corrected chi connectivity index (χ1v) is 8.40. The summed E-state index contributed by atoms with van der Waals surface area (Å²) in [5.41, 5.74) is 5.48. The van der Waals surface area contributed by atoms with Crippen molar-refractivity contribution in [2.45, 2.75) is 0 Å². The molecule has 3 rings (SSSR count). The number of hydrogen-bond donors (Lipinski definition) is 3. The molecule has 136 valence electrons. The van der Waals surface area contributed by atoms with E-state index in [0.717, 1.165) is 0 Å². The molecule has 3 N–H and O–H groups in total. The summed E-state index contributed by atoms with van der Waals surface area (Å²) in [4.78, 5) is 24.3. The number of carbonyl (C=O) groups excluding carboxylic acids is 2. The van der Waals surface area contributed by atoms with E-state index in [1.165, 1.54) is 12.1 Å².